The predicted octanol–water partition coefficient (Wildman–Crippen LogP) is 3.41. The molecule has 6 nitrogen and oxygen atoms in total. The summed E-state index contributed by atoms with van der Waals surface area (Å²) in [6.45, 7) is 3.66. The lowest BCUT2D eigenvalue weighted by molar-refractivity contribution is -0.384. The zero-order valence-electron chi connectivity index (χ0n) is 10.9. The summed E-state index contributed by atoms with van der Waals surface area (Å²) in [5, 5.41) is 22.6. The number of carboxylic acid groups (broad SMARTS) is 1. The molecule has 1 aromatic carbocycles. The zero-order valence-corrected chi connectivity index (χ0v) is 12.5. The molecule has 0 saturated heterocycles. The molecule has 0 radical (unpaired) electrons. The second-order valence-electron chi connectivity index (χ2n) is 4.71. The summed E-state index contributed by atoms with van der Waals surface area (Å²) in [7, 11) is 0. The molecule has 2 N–H and O–H groups in total. The first kappa shape index (κ1) is 16.4. The number of nitrogens with zero attached hydrogens (tertiary/aromatic N) is 1. The molecule has 0 aliphatic carbocycles. The number of hydrogen-bond acceptors (Lipinski definition) is 4. The number of hydrogen-bond donors (Lipinski definition) is 2. The SMILES string of the molecule is CC(C)CC(Nc1cc(F)c(Br)cc1[N+](=O)[O-])C(=O)O. The van der Waals surface area contributed by atoms with Crippen LogP contribution in [0, 0.1) is 21.8 Å². The van der Waals surface area contributed by atoms with Gasteiger partial charge in [-0.2, -0.15) is 0 Å². The van der Waals surface area contributed by atoms with Crippen LogP contribution in [0.2, 0.25) is 0 Å². The molecule has 20 heavy (non-hydrogen) atoms. The van der Waals surface area contributed by atoms with Crippen molar-refractivity contribution in [2.24, 2.45) is 5.92 Å². The van der Waals surface area contributed by atoms with E-state index in [4.69, 9.17) is 5.11 Å². The van der Waals surface area contributed by atoms with Crippen LogP contribution < -0.4 is 5.32 Å². The fourth-order valence-corrected chi connectivity index (χ4v) is 2.01. The molecule has 1 unspecified atom stereocenters. The van der Waals surface area contributed by atoms with E-state index in [1.807, 2.05) is 13.8 Å². The Labute approximate surface area is 123 Å². The number of rotatable bonds is 6. The molecule has 110 valence electrons. The number of benzene rings is 1. The van der Waals surface area contributed by atoms with Crippen molar-refractivity contribution in [3.05, 3.63) is 32.5 Å². The maximum Gasteiger partial charge on any atom is 0.326 e. The fraction of sp³-hybridized carbons (Fsp3) is 0.417. The molecule has 0 saturated carbocycles. The van der Waals surface area contributed by atoms with E-state index in [-0.39, 0.29) is 28.2 Å². The van der Waals surface area contributed by atoms with Gasteiger partial charge in [-0.15, -0.1) is 0 Å². The molecule has 0 heterocycles. The average Bonchev–Trinajstić information content (AvgIpc) is 2.31. The van der Waals surface area contributed by atoms with Crippen molar-refractivity contribution in [3.8, 4) is 0 Å². The normalized spacial score (nSPS) is 12.2. The Morgan fingerprint density at radius 1 is 1.55 bits per heavy atom. The van der Waals surface area contributed by atoms with Gasteiger partial charge in [0, 0.05) is 12.1 Å². The van der Waals surface area contributed by atoms with Crippen LogP contribution in [-0.4, -0.2) is 22.0 Å². The molecule has 0 bridgehead atoms. The van der Waals surface area contributed by atoms with Crippen molar-refractivity contribution in [1.29, 1.82) is 0 Å². The monoisotopic (exact) mass is 348 g/mol. The van der Waals surface area contributed by atoms with Crippen LogP contribution in [0.25, 0.3) is 0 Å². The molecular weight excluding hydrogens is 335 g/mol. The highest BCUT2D eigenvalue weighted by atomic mass is 79.9. The Morgan fingerprint density at radius 3 is 2.60 bits per heavy atom. The number of carbonyl (C=O) groups is 1. The van der Waals surface area contributed by atoms with Crippen LogP contribution in [0.5, 0.6) is 0 Å². The summed E-state index contributed by atoms with van der Waals surface area (Å²) in [5.74, 6) is -1.77. The number of nitro groups is 1. The van der Waals surface area contributed by atoms with Gasteiger partial charge in [-0.25, -0.2) is 9.18 Å². The van der Waals surface area contributed by atoms with Crippen LogP contribution in [0.3, 0.4) is 0 Å². The van der Waals surface area contributed by atoms with E-state index < -0.39 is 22.8 Å². The summed E-state index contributed by atoms with van der Waals surface area (Å²) in [6, 6.07) is 0.902. The lowest BCUT2D eigenvalue weighted by atomic mass is 10.0. The standard InChI is InChI=1S/C12H14BrFN2O4/c1-6(2)3-10(12(17)18)15-9-5-8(14)7(13)4-11(9)16(19)20/h4-6,10,15H,3H2,1-2H3,(H,17,18). The second-order valence-corrected chi connectivity index (χ2v) is 5.56. The summed E-state index contributed by atoms with van der Waals surface area (Å²) < 4.78 is 13.4. The summed E-state index contributed by atoms with van der Waals surface area (Å²) in [6.07, 6.45) is 0.268. The number of carboxylic acids is 1. The summed E-state index contributed by atoms with van der Waals surface area (Å²) in [4.78, 5) is 21.4. The lowest BCUT2D eigenvalue weighted by Gasteiger charge is -2.17. The number of nitrogens with one attached hydrogen (secondary N) is 1. The molecule has 0 aliphatic rings. The zero-order chi connectivity index (χ0) is 15.4. The van der Waals surface area contributed by atoms with E-state index in [1.54, 1.807) is 0 Å². The van der Waals surface area contributed by atoms with Crippen LogP contribution >= 0.6 is 15.9 Å². The molecule has 1 atom stereocenters. The molecule has 0 fully saturated rings. The molecule has 0 spiro atoms. The van der Waals surface area contributed by atoms with Crippen LogP contribution in [0.15, 0.2) is 16.6 Å². The van der Waals surface area contributed by atoms with E-state index in [9.17, 15) is 19.3 Å². The molecule has 1 aromatic rings. The third kappa shape index (κ3) is 4.16. The molecule has 1 rings (SSSR count). The minimum Gasteiger partial charge on any atom is -0.480 e. The second kappa shape index (κ2) is 6.65. The molecule has 0 aromatic heterocycles. The third-order valence-electron chi connectivity index (χ3n) is 2.57. The van der Waals surface area contributed by atoms with Gasteiger partial charge in [0.1, 0.15) is 17.5 Å². The predicted molar refractivity (Wildman–Crippen MR) is 75.3 cm³/mol. The Kier molecular flexibility index (Phi) is 5.43. The number of aliphatic carboxylic acids is 1. The van der Waals surface area contributed by atoms with Crippen LogP contribution in [0.4, 0.5) is 15.8 Å². The first-order chi connectivity index (χ1) is 9.22. The maximum atomic E-state index is 13.5. The summed E-state index contributed by atoms with van der Waals surface area (Å²) in [5.41, 5.74) is -0.531. The third-order valence-corrected chi connectivity index (χ3v) is 3.18. The van der Waals surface area contributed by atoms with Crippen molar-refractivity contribution in [2.45, 2.75) is 26.3 Å². The number of nitro benzene ring substituents is 1. The van der Waals surface area contributed by atoms with Gasteiger partial charge in [0.2, 0.25) is 0 Å². The summed E-state index contributed by atoms with van der Waals surface area (Å²) >= 11 is 2.86. The Hall–Kier alpha value is -1.70. The highest BCUT2D eigenvalue weighted by molar-refractivity contribution is 9.10. The Morgan fingerprint density at radius 2 is 2.15 bits per heavy atom. The van der Waals surface area contributed by atoms with E-state index in [2.05, 4.69) is 21.2 Å². The van der Waals surface area contributed by atoms with Crippen molar-refractivity contribution in [1.82, 2.24) is 0 Å². The van der Waals surface area contributed by atoms with Gasteiger partial charge in [-0.3, -0.25) is 10.1 Å². The van der Waals surface area contributed by atoms with Crippen LogP contribution in [-0.2, 0) is 4.79 Å². The van der Waals surface area contributed by atoms with Gasteiger partial charge in [0.15, 0.2) is 0 Å². The highest BCUT2D eigenvalue weighted by Gasteiger charge is 2.24. The van der Waals surface area contributed by atoms with Crippen molar-refractivity contribution >= 4 is 33.3 Å². The number of halogens is 2. The minimum atomic E-state index is -1.14. The molecule has 0 aliphatic heterocycles. The van der Waals surface area contributed by atoms with E-state index in [0.717, 1.165) is 12.1 Å². The first-order valence-corrected chi connectivity index (χ1v) is 6.64. The van der Waals surface area contributed by atoms with E-state index >= 15 is 0 Å². The van der Waals surface area contributed by atoms with Crippen molar-refractivity contribution in [2.75, 3.05) is 5.32 Å². The van der Waals surface area contributed by atoms with Gasteiger partial charge in [0.25, 0.3) is 5.69 Å². The average molecular weight is 349 g/mol. The van der Waals surface area contributed by atoms with Gasteiger partial charge in [0.05, 0.1) is 9.40 Å². The van der Waals surface area contributed by atoms with Crippen molar-refractivity contribution < 1.29 is 19.2 Å². The quantitative estimate of drug-likeness (QED) is 0.607. The molecular formula is C12H14BrFN2O4. The van der Waals surface area contributed by atoms with Crippen molar-refractivity contribution in [3.63, 3.8) is 0 Å². The van der Waals surface area contributed by atoms with Gasteiger partial charge < -0.3 is 10.4 Å². The van der Waals surface area contributed by atoms with Gasteiger partial charge in [-0.05, 0) is 28.3 Å². The van der Waals surface area contributed by atoms with Crippen LogP contribution in [0.1, 0.15) is 20.3 Å². The van der Waals surface area contributed by atoms with Gasteiger partial charge in [-0.1, -0.05) is 13.8 Å². The Bertz CT molecular complexity index is 536. The molecule has 0 amide bonds. The minimum absolute atomic E-state index is 0.0505. The van der Waals surface area contributed by atoms with E-state index in [1.165, 1.54) is 0 Å². The highest BCUT2D eigenvalue weighted by Crippen LogP contribution is 2.31. The lowest BCUT2D eigenvalue weighted by Crippen LogP contribution is -2.31. The smallest absolute Gasteiger partial charge is 0.326 e. The maximum absolute atomic E-state index is 13.5. The number of anilines is 1. The Balaban J connectivity index is 3.14. The van der Waals surface area contributed by atoms with E-state index in [0.29, 0.717) is 0 Å². The van der Waals surface area contributed by atoms with Gasteiger partial charge >= 0.3 is 5.97 Å². The fourth-order valence-electron chi connectivity index (χ4n) is 1.68. The molecule has 8 heteroatoms. The largest absolute Gasteiger partial charge is 0.480 e. The first-order valence-electron chi connectivity index (χ1n) is 5.85. The topological polar surface area (TPSA) is 92.5 Å².